The van der Waals surface area contributed by atoms with Crippen LogP contribution in [0.1, 0.15) is 15.9 Å². The number of hydrogen-bond acceptors (Lipinski definition) is 8. The molecule has 3 rings (SSSR count). The number of ether oxygens (including phenoxy) is 3. The zero-order valence-corrected chi connectivity index (χ0v) is 24.3. The Bertz CT molecular complexity index is 1520. The van der Waals surface area contributed by atoms with Crippen LogP contribution in [0.5, 0.6) is 5.75 Å². The van der Waals surface area contributed by atoms with Gasteiger partial charge in [0.2, 0.25) is 10.0 Å². The van der Waals surface area contributed by atoms with Crippen LogP contribution < -0.4 is 14.8 Å². The molecule has 0 atom stereocenters. The Balaban J connectivity index is 1.79. The van der Waals surface area contributed by atoms with Crippen LogP contribution in [0.25, 0.3) is 0 Å². The van der Waals surface area contributed by atoms with Crippen molar-refractivity contribution in [1.82, 2.24) is 4.31 Å². The fourth-order valence-electron chi connectivity index (χ4n) is 3.77. The molecule has 0 radical (unpaired) electrons. The van der Waals surface area contributed by atoms with E-state index in [1.54, 1.807) is 43.3 Å². The highest BCUT2D eigenvalue weighted by Crippen LogP contribution is 2.28. The van der Waals surface area contributed by atoms with E-state index in [-0.39, 0.29) is 53.0 Å². The molecule has 0 aliphatic rings. The maximum absolute atomic E-state index is 13.2. The van der Waals surface area contributed by atoms with Gasteiger partial charge in [-0.05, 0) is 61.0 Å². The molecule has 0 aliphatic heterocycles. The molecule has 0 saturated heterocycles. The predicted molar refractivity (Wildman–Crippen MR) is 152 cm³/mol. The number of carbonyl (C=O) groups excluding carboxylic acids is 1. The summed E-state index contributed by atoms with van der Waals surface area (Å²) in [5.74, 6) is -0.177. The van der Waals surface area contributed by atoms with Gasteiger partial charge < -0.3 is 19.5 Å². The van der Waals surface area contributed by atoms with E-state index in [9.17, 15) is 21.6 Å². The van der Waals surface area contributed by atoms with Gasteiger partial charge >= 0.3 is 0 Å². The van der Waals surface area contributed by atoms with Crippen molar-refractivity contribution in [2.45, 2.75) is 16.7 Å². The molecule has 0 saturated carbocycles. The molecule has 0 heterocycles. The number of aryl methyl sites for hydroxylation is 1. The second-order valence-corrected chi connectivity index (χ2v) is 12.2. The standard InChI is InChI=1S/C27H33N3O8S2/c1-20-9-12-22(19-26(20)39(32,33)29-24-7-5-6-8-25(24)38-4)28-27(31)21-10-13-23(14-11-21)40(34,35)30(15-17-36-2)16-18-37-3/h5-14,19,29H,15-18H2,1-4H3,(H,28,31). The third-order valence-electron chi connectivity index (χ3n) is 5.93. The molecule has 3 aromatic carbocycles. The maximum Gasteiger partial charge on any atom is 0.262 e. The fourth-order valence-corrected chi connectivity index (χ4v) is 6.52. The average molecular weight is 592 g/mol. The van der Waals surface area contributed by atoms with Gasteiger partial charge in [-0.1, -0.05) is 18.2 Å². The number of hydrogen-bond donors (Lipinski definition) is 2. The van der Waals surface area contributed by atoms with Gasteiger partial charge in [0.05, 0.1) is 35.8 Å². The zero-order chi connectivity index (χ0) is 29.3. The summed E-state index contributed by atoms with van der Waals surface area (Å²) in [6.45, 7) is 2.37. The van der Waals surface area contributed by atoms with E-state index < -0.39 is 26.0 Å². The number of amides is 1. The van der Waals surface area contributed by atoms with Crippen molar-refractivity contribution in [2.24, 2.45) is 0 Å². The number of anilines is 2. The zero-order valence-electron chi connectivity index (χ0n) is 22.7. The van der Waals surface area contributed by atoms with E-state index in [0.29, 0.717) is 11.3 Å². The predicted octanol–water partition coefficient (Wildman–Crippen LogP) is 3.34. The number of benzene rings is 3. The molecule has 0 aliphatic carbocycles. The summed E-state index contributed by atoms with van der Waals surface area (Å²) >= 11 is 0. The number of nitrogens with one attached hydrogen (secondary N) is 2. The summed E-state index contributed by atoms with van der Waals surface area (Å²) < 4.78 is 71.5. The average Bonchev–Trinajstić information content (AvgIpc) is 2.94. The van der Waals surface area contributed by atoms with Crippen LogP contribution in [0.3, 0.4) is 0 Å². The van der Waals surface area contributed by atoms with Crippen molar-refractivity contribution in [1.29, 1.82) is 0 Å². The van der Waals surface area contributed by atoms with E-state index in [0.717, 1.165) is 0 Å². The number of rotatable bonds is 14. The van der Waals surface area contributed by atoms with Crippen molar-refractivity contribution in [2.75, 3.05) is 57.7 Å². The van der Waals surface area contributed by atoms with E-state index >= 15 is 0 Å². The lowest BCUT2D eigenvalue weighted by Gasteiger charge is -2.21. The minimum absolute atomic E-state index is 0.0161. The van der Waals surface area contributed by atoms with Crippen LogP contribution in [0, 0.1) is 6.92 Å². The van der Waals surface area contributed by atoms with Gasteiger partial charge in [0.15, 0.2) is 0 Å². The lowest BCUT2D eigenvalue weighted by atomic mass is 10.2. The van der Waals surface area contributed by atoms with Gasteiger partial charge in [0.25, 0.3) is 15.9 Å². The Hall–Kier alpha value is -3.49. The molecule has 3 aromatic rings. The highest BCUT2D eigenvalue weighted by Gasteiger charge is 2.25. The summed E-state index contributed by atoms with van der Waals surface area (Å²) in [6, 6.07) is 16.6. The molecule has 0 fully saturated rings. The molecule has 216 valence electrons. The molecule has 0 unspecified atom stereocenters. The molecule has 1 amide bonds. The molecule has 2 N–H and O–H groups in total. The first-order valence-electron chi connectivity index (χ1n) is 12.2. The molecule has 40 heavy (non-hydrogen) atoms. The number of sulfonamides is 2. The summed E-state index contributed by atoms with van der Waals surface area (Å²) in [6.07, 6.45) is 0. The van der Waals surface area contributed by atoms with Crippen molar-refractivity contribution in [3.63, 3.8) is 0 Å². The third-order valence-corrected chi connectivity index (χ3v) is 9.35. The van der Waals surface area contributed by atoms with Gasteiger partial charge in [0.1, 0.15) is 5.75 Å². The highest BCUT2D eigenvalue weighted by molar-refractivity contribution is 7.92. The lowest BCUT2D eigenvalue weighted by molar-refractivity contribution is 0.102. The Morgan fingerprint density at radius 2 is 1.48 bits per heavy atom. The molecule has 0 spiro atoms. The first-order chi connectivity index (χ1) is 19.0. The molecular weight excluding hydrogens is 558 g/mol. The lowest BCUT2D eigenvalue weighted by Crippen LogP contribution is -2.36. The van der Waals surface area contributed by atoms with E-state index in [2.05, 4.69) is 10.0 Å². The van der Waals surface area contributed by atoms with E-state index in [4.69, 9.17) is 14.2 Å². The number of para-hydroxylation sites is 2. The monoisotopic (exact) mass is 591 g/mol. The maximum atomic E-state index is 13.2. The minimum atomic E-state index is -4.01. The van der Waals surface area contributed by atoms with Crippen LogP contribution in [0.2, 0.25) is 0 Å². The normalized spacial score (nSPS) is 11.8. The number of carbonyl (C=O) groups is 1. The van der Waals surface area contributed by atoms with E-state index in [1.807, 2.05) is 0 Å². The Kier molecular flexibility index (Phi) is 10.7. The first-order valence-corrected chi connectivity index (χ1v) is 15.1. The van der Waals surface area contributed by atoms with Crippen LogP contribution in [-0.2, 0) is 29.5 Å². The highest BCUT2D eigenvalue weighted by atomic mass is 32.2. The SMILES string of the molecule is COCCN(CCOC)S(=O)(=O)c1ccc(C(=O)Nc2ccc(C)c(S(=O)(=O)Nc3ccccc3OC)c2)cc1. The van der Waals surface area contributed by atoms with Crippen LogP contribution in [-0.4, -0.2) is 74.7 Å². The summed E-state index contributed by atoms with van der Waals surface area (Å²) in [5, 5.41) is 2.67. The summed E-state index contributed by atoms with van der Waals surface area (Å²) in [7, 11) is -3.45. The Labute approximate surface area is 235 Å². The smallest absolute Gasteiger partial charge is 0.262 e. The second-order valence-electron chi connectivity index (χ2n) is 8.65. The van der Waals surface area contributed by atoms with Crippen molar-refractivity contribution in [3.8, 4) is 5.75 Å². The topological polar surface area (TPSA) is 140 Å². The fraction of sp³-hybridized carbons (Fsp3) is 0.296. The van der Waals surface area contributed by atoms with Crippen LogP contribution in [0.15, 0.2) is 76.5 Å². The third kappa shape index (κ3) is 7.58. The summed E-state index contributed by atoms with van der Waals surface area (Å²) in [5.41, 5.74) is 1.19. The van der Waals surface area contributed by atoms with Gasteiger partial charge in [-0.3, -0.25) is 9.52 Å². The van der Waals surface area contributed by atoms with Crippen molar-refractivity contribution in [3.05, 3.63) is 77.9 Å². The molecule has 0 bridgehead atoms. The number of methoxy groups -OCH3 is 3. The van der Waals surface area contributed by atoms with Gasteiger partial charge in [-0.25, -0.2) is 16.8 Å². The largest absolute Gasteiger partial charge is 0.495 e. The van der Waals surface area contributed by atoms with Gasteiger partial charge in [0, 0.05) is 38.6 Å². The molecule has 13 heteroatoms. The quantitative estimate of drug-likeness (QED) is 0.291. The molecular formula is C27H33N3O8S2. The van der Waals surface area contributed by atoms with Gasteiger partial charge in [-0.15, -0.1) is 0 Å². The summed E-state index contributed by atoms with van der Waals surface area (Å²) in [4.78, 5) is 12.9. The Morgan fingerprint density at radius 3 is 2.08 bits per heavy atom. The molecule has 11 nitrogen and oxygen atoms in total. The number of nitrogens with zero attached hydrogens (tertiary/aromatic N) is 1. The van der Waals surface area contributed by atoms with Crippen molar-refractivity contribution >= 4 is 37.3 Å². The van der Waals surface area contributed by atoms with Crippen LogP contribution >= 0.6 is 0 Å². The van der Waals surface area contributed by atoms with Crippen LogP contribution in [0.4, 0.5) is 11.4 Å². The first kappa shape index (κ1) is 31.0. The second kappa shape index (κ2) is 13.7. The van der Waals surface area contributed by atoms with Gasteiger partial charge in [-0.2, -0.15) is 4.31 Å². The van der Waals surface area contributed by atoms with E-state index in [1.165, 1.54) is 56.0 Å². The molecule has 0 aromatic heterocycles. The Morgan fingerprint density at radius 1 is 0.850 bits per heavy atom. The van der Waals surface area contributed by atoms with Crippen molar-refractivity contribution < 1.29 is 35.8 Å². The minimum Gasteiger partial charge on any atom is -0.495 e.